The Hall–Kier alpha value is -3.33. The Labute approximate surface area is 260 Å². The predicted molar refractivity (Wildman–Crippen MR) is 160 cm³/mol. The van der Waals surface area contributed by atoms with E-state index >= 15 is 0 Å². The molecule has 11 heteroatoms. The Morgan fingerprint density at radius 3 is 2.41 bits per heavy atom. The maximum absolute atomic E-state index is 12.9. The van der Waals surface area contributed by atoms with Crippen LogP contribution in [0.4, 0.5) is 13.2 Å². The first kappa shape index (κ1) is 32.1. The van der Waals surface area contributed by atoms with Crippen LogP contribution in [0.25, 0.3) is 11.1 Å². The van der Waals surface area contributed by atoms with E-state index in [1.807, 2.05) is 30.3 Å². The van der Waals surface area contributed by atoms with E-state index in [4.69, 9.17) is 0 Å². The zero-order chi connectivity index (χ0) is 31.5. The summed E-state index contributed by atoms with van der Waals surface area (Å²) in [5, 5.41) is 13.9. The second kappa shape index (κ2) is 13.3. The Kier molecular flexibility index (Phi) is 9.73. The summed E-state index contributed by atoms with van der Waals surface area (Å²) >= 11 is -0.687. The summed E-state index contributed by atoms with van der Waals surface area (Å²) in [6.07, 6.45) is 0.873. The minimum atomic E-state index is -4.55. The number of pyridine rings is 1. The van der Waals surface area contributed by atoms with Gasteiger partial charge in [-0.3, -0.25) is 4.79 Å². The molecule has 1 radical (unpaired) electrons. The summed E-state index contributed by atoms with van der Waals surface area (Å²) in [6, 6.07) is 15.7. The maximum atomic E-state index is 12.9. The molecule has 2 N–H and O–H groups in total. The zero-order valence-corrected chi connectivity index (χ0v) is 26.2. The van der Waals surface area contributed by atoms with Crippen LogP contribution in [0.3, 0.4) is 0 Å². The molecular formula is C33H34AsF3N3O4. The van der Waals surface area contributed by atoms with Crippen molar-refractivity contribution in [3.63, 3.8) is 0 Å². The van der Waals surface area contributed by atoms with Crippen LogP contribution in [-0.2, 0) is 16.6 Å². The third-order valence-electron chi connectivity index (χ3n) is 8.51. The minimum absolute atomic E-state index is 0.000896. The van der Waals surface area contributed by atoms with E-state index in [9.17, 15) is 32.7 Å². The summed E-state index contributed by atoms with van der Waals surface area (Å²) in [6.45, 7) is 3.02. The zero-order valence-electron chi connectivity index (χ0n) is 24.3. The van der Waals surface area contributed by atoms with E-state index in [0.717, 1.165) is 55.6 Å². The van der Waals surface area contributed by atoms with Gasteiger partial charge in [0, 0.05) is 5.56 Å². The van der Waals surface area contributed by atoms with Crippen LogP contribution in [-0.4, -0.2) is 72.7 Å². The van der Waals surface area contributed by atoms with Gasteiger partial charge in [-0.05, 0) is 13.0 Å². The number of alkyl halides is 3. The Bertz CT molecular complexity index is 1520. The fourth-order valence-corrected chi connectivity index (χ4v) is 8.34. The number of nitrogens with one attached hydrogen (secondary N) is 1. The molecule has 1 saturated heterocycles. The largest absolute Gasteiger partial charge is 0.0435 e. The fraction of sp³-hybridized carbons (Fsp3) is 0.394. The van der Waals surface area contributed by atoms with E-state index in [1.54, 1.807) is 12.3 Å². The number of ketones is 1. The van der Waals surface area contributed by atoms with Gasteiger partial charge in [0.2, 0.25) is 0 Å². The molecule has 7 nitrogen and oxygen atoms in total. The minimum Gasteiger partial charge on any atom is -0.0435 e. The van der Waals surface area contributed by atoms with Gasteiger partial charge >= 0.3 is 214 Å². The number of carbonyl (C=O) groups is 3. The van der Waals surface area contributed by atoms with Crippen LogP contribution in [0.2, 0.25) is 4.71 Å². The number of hydrogen-bond acceptors (Lipinski definition) is 6. The van der Waals surface area contributed by atoms with Crippen molar-refractivity contribution in [1.29, 1.82) is 0 Å². The molecule has 2 aromatic carbocycles. The van der Waals surface area contributed by atoms with Crippen molar-refractivity contribution in [2.75, 3.05) is 19.6 Å². The first-order valence-electron chi connectivity index (χ1n) is 14.6. The van der Waals surface area contributed by atoms with Crippen molar-refractivity contribution in [1.82, 2.24) is 15.2 Å². The number of hydrogen-bond donors (Lipinski definition) is 2. The van der Waals surface area contributed by atoms with Crippen LogP contribution in [0.1, 0.15) is 71.0 Å². The van der Waals surface area contributed by atoms with Crippen LogP contribution in [0.15, 0.2) is 66.9 Å². The van der Waals surface area contributed by atoms with E-state index in [2.05, 4.69) is 15.2 Å². The first-order chi connectivity index (χ1) is 20.9. The molecule has 0 spiro atoms. The molecule has 1 aliphatic carbocycles. The van der Waals surface area contributed by atoms with Crippen molar-refractivity contribution >= 4 is 32.0 Å². The van der Waals surface area contributed by atoms with Crippen molar-refractivity contribution < 1.29 is 32.7 Å². The monoisotopic (exact) mass is 668 g/mol. The molecule has 44 heavy (non-hydrogen) atoms. The molecule has 1 aliphatic heterocycles. The normalized spacial score (nSPS) is 22.8. The van der Waals surface area contributed by atoms with Gasteiger partial charge in [-0.25, -0.2) is 0 Å². The van der Waals surface area contributed by atoms with Gasteiger partial charge in [-0.2, -0.15) is 0 Å². The van der Waals surface area contributed by atoms with Crippen LogP contribution < -0.4 is 5.32 Å². The van der Waals surface area contributed by atoms with Gasteiger partial charge in [-0.1, -0.05) is 18.2 Å². The molecule has 0 bridgehead atoms. The average Bonchev–Trinajstić information content (AvgIpc) is 3.48. The number of aromatic nitrogens is 1. The number of likely N-dealkylation sites (tertiary alicyclic amines) is 1. The third-order valence-corrected chi connectivity index (χ3v) is 11.1. The fourth-order valence-electron chi connectivity index (χ4n) is 6.01. The summed E-state index contributed by atoms with van der Waals surface area (Å²) in [7, 11) is 0. The Morgan fingerprint density at radius 2 is 1.73 bits per heavy atom. The average molecular weight is 669 g/mol. The van der Waals surface area contributed by atoms with Gasteiger partial charge in [-0.15, -0.1) is 0 Å². The number of Topliss-reactive ketones (excluding diaryl/α,β-unsaturated/α-hetero) is 1. The van der Waals surface area contributed by atoms with Gasteiger partial charge in [0.1, 0.15) is 0 Å². The predicted octanol–water partition coefficient (Wildman–Crippen LogP) is 5.26. The van der Waals surface area contributed by atoms with Gasteiger partial charge in [0.15, 0.2) is 5.78 Å². The van der Waals surface area contributed by atoms with E-state index in [1.165, 1.54) is 19.1 Å². The molecule has 1 saturated carbocycles. The molecule has 5 rings (SSSR count). The Balaban J connectivity index is 1.08. The van der Waals surface area contributed by atoms with Crippen molar-refractivity contribution in [2.24, 2.45) is 0 Å². The molecule has 231 valence electrons. The summed E-state index contributed by atoms with van der Waals surface area (Å²) in [5.74, 6) is -0.694. The molecule has 2 fully saturated rings. The van der Waals surface area contributed by atoms with Gasteiger partial charge in [0.25, 0.3) is 0 Å². The molecule has 1 aromatic heterocycles. The molecular weight excluding hydrogens is 634 g/mol. The number of rotatable bonds is 9. The molecule has 3 aromatic rings. The smallest absolute Gasteiger partial charge is 0.0435 e. The quantitative estimate of drug-likeness (QED) is 0.239. The maximum Gasteiger partial charge on any atom is -0.0435 e. The van der Waals surface area contributed by atoms with Crippen molar-refractivity contribution in [3.05, 3.63) is 89.2 Å². The standard InChI is InChI=1S/C33H34AsF3N3O4/c1-21(41)22-4-2-5-23(16-22)25-8-9-29(38-18-25)32(44)13-10-28(11-14-32)40-15-12-27(20-40)34-30(42)19-39-31(43)24-6-3-7-26(17-24)33(35,36)37/h2-9,16-18,27-28,44H,10-15,19-20H2,1H3,(H,39,43). The van der Waals surface area contributed by atoms with Gasteiger partial charge < -0.3 is 0 Å². The van der Waals surface area contributed by atoms with E-state index in [-0.39, 0.29) is 27.2 Å². The second-order valence-electron chi connectivity index (χ2n) is 11.6. The number of nitrogens with zero attached hydrogens (tertiary/aromatic N) is 2. The number of carbonyl (C=O) groups excluding carboxylic acids is 3. The number of aliphatic hydroxyl groups is 1. The third kappa shape index (κ3) is 7.65. The first-order valence-corrected chi connectivity index (χ1v) is 16.7. The topological polar surface area (TPSA) is 99.6 Å². The van der Waals surface area contributed by atoms with Crippen LogP contribution in [0.5, 0.6) is 0 Å². The molecule has 1 unspecified atom stereocenters. The van der Waals surface area contributed by atoms with Crippen molar-refractivity contribution in [3.8, 4) is 11.1 Å². The molecule has 1 atom stereocenters. The number of benzene rings is 2. The molecule has 1 amide bonds. The molecule has 2 heterocycles. The summed E-state index contributed by atoms with van der Waals surface area (Å²) in [4.78, 5) is 43.7. The van der Waals surface area contributed by atoms with E-state index in [0.29, 0.717) is 30.1 Å². The van der Waals surface area contributed by atoms with Gasteiger partial charge in [0.05, 0.1) is 0 Å². The summed E-state index contributed by atoms with van der Waals surface area (Å²) in [5.41, 5.74) is 1.02. The molecule has 2 aliphatic rings. The van der Waals surface area contributed by atoms with Crippen molar-refractivity contribution in [2.45, 2.75) is 61.6 Å². The Morgan fingerprint density at radius 1 is 1.00 bits per heavy atom. The summed E-state index contributed by atoms with van der Waals surface area (Å²) < 4.78 is 39.0. The van der Waals surface area contributed by atoms with Crippen LogP contribution in [0, 0.1) is 0 Å². The SMILES string of the molecule is CC(=O)c1cccc(-c2ccc(C3(O)CCC(N4CCC([As]C(=O)CNC(=O)c5cccc(C(F)(F)F)c5)C4)CC3)nc2)c1. The van der Waals surface area contributed by atoms with E-state index < -0.39 is 39.0 Å². The van der Waals surface area contributed by atoms with Crippen LogP contribution >= 0.6 is 0 Å². The second-order valence-corrected chi connectivity index (χ2v) is 14.7. The number of amides is 1. The number of halogens is 3.